The summed E-state index contributed by atoms with van der Waals surface area (Å²) in [5.74, 6) is 0.855. The Balaban J connectivity index is 1.32. The van der Waals surface area contributed by atoms with Crippen LogP contribution in [-0.4, -0.2) is 88.0 Å². The smallest absolute Gasteiger partial charge is 0.298 e. The van der Waals surface area contributed by atoms with E-state index in [0.29, 0.717) is 19.1 Å². The van der Waals surface area contributed by atoms with Gasteiger partial charge in [-0.25, -0.2) is 0 Å². The van der Waals surface area contributed by atoms with E-state index in [1.807, 2.05) is 18.4 Å². The molecule has 2 aliphatic rings. The Morgan fingerprint density at radius 1 is 0.919 bits per heavy atom. The minimum Gasteiger partial charge on any atom is -0.497 e. The average Bonchev–Trinajstić information content (AvgIpc) is 3.42. The molecule has 0 saturated carbocycles. The van der Waals surface area contributed by atoms with Crippen LogP contribution in [0.15, 0.2) is 59.2 Å². The highest BCUT2D eigenvalue weighted by molar-refractivity contribution is 5.50. The number of oxazole rings is 1. The van der Waals surface area contributed by atoms with Crippen LogP contribution in [0.1, 0.15) is 16.8 Å². The molecule has 0 aliphatic carbocycles. The maximum atomic E-state index is 6.05. The number of morpholine rings is 1. The Bertz CT molecular complexity index is 1120. The van der Waals surface area contributed by atoms with Gasteiger partial charge >= 0.3 is 0 Å². The number of hydrogen-bond acceptors (Lipinski definition) is 8. The molecule has 0 N–H and O–H groups in total. The molecule has 198 valence electrons. The summed E-state index contributed by atoms with van der Waals surface area (Å²) in [4.78, 5) is 14.4. The fourth-order valence-electron chi connectivity index (χ4n) is 4.97. The van der Waals surface area contributed by atoms with Gasteiger partial charge in [0, 0.05) is 71.0 Å². The minimum absolute atomic E-state index is 0.657. The van der Waals surface area contributed by atoms with Crippen molar-refractivity contribution in [2.45, 2.75) is 19.5 Å². The molecule has 0 amide bonds. The van der Waals surface area contributed by atoms with E-state index in [9.17, 15) is 0 Å². The van der Waals surface area contributed by atoms with Gasteiger partial charge in [0.2, 0.25) is 0 Å². The van der Waals surface area contributed by atoms with Crippen LogP contribution in [0.25, 0.3) is 0 Å². The quantitative estimate of drug-likeness (QED) is 0.415. The maximum Gasteiger partial charge on any atom is 0.298 e. The first-order chi connectivity index (χ1) is 18.2. The maximum absolute atomic E-state index is 6.05. The summed E-state index contributed by atoms with van der Waals surface area (Å²) in [5, 5.41) is 0. The lowest BCUT2D eigenvalue weighted by atomic mass is 10.1. The van der Waals surface area contributed by atoms with Gasteiger partial charge in [0.1, 0.15) is 12.0 Å². The molecule has 1 aromatic heterocycles. The third-order valence-electron chi connectivity index (χ3n) is 7.26. The second-order valence-corrected chi connectivity index (χ2v) is 9.99. The highest BCUT2D eigenvalue weighted by atomic mass is 16.5. The Morgan fingerprint density at radius 3 is 2.41 bits per heavy atom. The molecule has 5 rings (SSSR count). The number of benzene rings is 2. The third-order valence-corrected chi connectivity index (χ3v) is 7.26. The lowest BCUT2D eigenvalue weighted by Crippen LogP contribution is -2.44. The summed E-state index contributed by atoms with van der Waals surface area (Å²) in [5.41, 5.74) is 4.67. The van der Waals surface area contributed by atoms with Crippen LogP contribution in [0.2, 0.25) is 0 Å². The van der Waals surface area contributed by atoms with Gasteiger partial charge in [-0.2, -0.15) is 4.98 Å². The Kier molecular flexibility index (Phi) is 8.61. The number of nitrogens with zero attached hydrogens (tertiary/aromatic N) is 5. The number of aromatic nitrogens is 1. The second kappa shape index (κ2) is 12.4. The highest BCUT2D eigenvalue weighted by Crippen LogP contribution is 2.24. The van der Waals surface area contributed by atoms with E-state index < -0.39 is 0 Å². The SMILES string of the molecule is COc1cccc(CN(Cc2cccc(N3CCN(C)CC3)c2)c2nc(CCN3CCOCC3)co2)c1. The molecule has 0 spiro atoms. The van der Waals surface area contributed by atoms with Gasteiger partial charge in [-0.15, -0.1) is 0 Å². The van der Waals surface area contributed by atoms with Crippen LogP contribution in [-0.2, 0) is 24.2 Å². The first-order valence-electron chi connectivity index (χ1n) is 13.3. The van der Waals surface area contributed by atoms with Crippen molar-refractivity contribution in [3.63, 3.8) is 0 Å². The Morgan fingerprint density at radius 2 is 1.65 bits per heavy atom. The summed E-state index contributed by atoms with van der Waals surface area (Å²) in [6.45, 7) is 10.2. The van der Waals surface area contributed by atoms with Gasteiger partial charge in [0.15, 0.2) is 0 Å². The van der Waals surface area contributed by atoms with Crippen molar-refractivity contribution in [2.24, 2.45) is 0 Å². The van der Waals surface area contributed by atoms with Crippen molar-refractivity contribution < 1.29 is 13.9 Å². The van der Waals surface area contributed by atoms with E-state index in [0.717, 1.165) is 82.5 Å². The van der Waals surface area contributed by atoms with Crippen LogP contribution in [0.5, 0.6) is 5.75 Å². The summed E-state index contributed by atoms with van der Waals surface area (Å²) in [7, 11) is 3.89. The number of rotatable bonds is 10. The van der Waals surface area contributed by atoms with Crippen molar-refractivity contribution in [1.29, 1.82) is 0 Å². The summed E-state index contributed by atoms with van der Waals surface area (Å²) >= 11 is 0. The Labute approximate surface area is 220 Å². The molecule has 0 unspecified atom stereocenters. The third kappa shape index (κ3) is 7.03. The molecule has 3 heterocycles. The molecule has 8 heteroatoms. The van der Waals surface area contributed by atoms with Crippen molar-refractivity contribution in [2.75, 3.05) is 83.0 Å². The lowest BCUT2D eigenvalue weighted by molar-refractivity contribution is 0.0383. The second-order valence-electron chi connectivity index (χ2n) is 9.99. The number of likely N-dealkylation sites (N-methyl/N-ethyl adjacent to an activating group) is 1. The van der Waals surface area contributed by atoms with E-state index in [-0.39, 0.29) is 0 Å². The van der Waals surface area contributed by atoms with Gasteiger partial charge in [0.05, 0.1) is 26.0 Å². The van der Waals surface area contributed by atoms with E-state index >= 15 is 0 Å². The molecule has 2 aromatic carbocycles. The van der Waals surface area contributed by atoms with Gasteiger partial charge in [-0.05, 0) is 42.4 Å². The summed E-state index contributed by atoms with van der Waals surface area (Å²) < 4.78 is 17.0. The number of anilines is 2. The topological polar surface area (TPSA) is 57.5 Å². The van der Waals surface area contributed by atoms with Crippen molar-refractivity contribution >= 4 is 11.7 Å². The predicted octanol–water partition coefficient (Wildman–Crippen LogP) is 3.52. The van der Waals surface area contributed by atoms with E-state index in [1.54, 1.807) is 7.11 Å². The summed E-state index contributed by atoms with van der Waals surface area (Å²) in [6.07, 6.45) is 2.68. The predicted molar refractivity (Wildman–Crippen MR) is 146 cm³/mol. The normalized spacial score (nSPS) is 17.2. The molecule has 2 aliphatic heterocycles. The van der Waals surface area contributed by atoms with Crippen LogP contribution >= 0.6 is 0 Å². The first-order valence-corrected chi connectivity index (χ1v) is 13.3. The summed E-state index contributed by atoms with van der Waals surface area (Å²) in [6, 6.07) is 17.8. The van der Waals surface area contributed by atoms with E-state index in [4.69, 9.17) is 18.9 Å². The van der Waals surface area contributed by atoms with Crippen LogP contribution < -0.4 is 14.5 Å². The molecule has 0 bridgehead atoms. The number of methoxy groups -OCH3 is 1. The van der Waals surface area contributed by atoms with Crippen LogP contribution in [0.3, 0.4) is 0 Å². The number of ether oxygens (including phenoxy) is 2. The molecular weight excluding hydrogens is 466 g/mol. The molecule has 37 heavy (non-hydrogen) atoms. The molecule has 0 radical (unpaired) electrons. The number of piperazine rings is 1. The standard InChI is InChI=1S/C29H39N5O3/c1-31-11-13-33(14-12-31)27-7-3-5-24(19-27)21-34(22-25-6-4-8-28(20-25)35-2)29-30-26(23-37-29)9-10-32-15-17-36-18-16-32/h3-8,19-20,23H,9-18,21-22H2,1-2H3. The van der Waals surface area contributed by atoms with Crippen molar-refractivity contribution in [3.8, 4) is 5.75 Å². The highest BCUT2D eigenvalue weighted by Gasteiger charge is 2.19. The van der Waals surface area contributed by atoms with Crippen molar-refractivity contribution in [3.05, 3.63) is 71.6 Å². The zero-order chi connectivity index (χ0) is 25.5. The van der Waals surface area contributed by atoms with E-state index in [2.05, 4.69) is 63.0 Å². The van der Waals surface area contributed by atoms with Crippen molar-refractivity contribution in [1.82, 2.24) is 14.8 Å². The van der Waals surface area contributed by atoms with Gasteiger partial charge < -0.3 is 28.6 Å². The molecule has 2 fully saturated rings. The van der Waals surface area contributed by atoms with Crippen LogP contribution in [0, 0.1) is 0 Å². The zero-order valence-corrected chi connectivity index (χ0v) is 22.1. The largest absolute Gasteiger partial charge is 0.497 e. The molecule has 0 atom stereocenters. The monoisotopic (exact) mass is 505 g/mol. The lowest BCUT2D eigenvalue weighted by Gasteiger charge is -2.34. The molecular formula is C29H39N5O3. The average molecular weight is 506 g/mol. The van der Waals surface area contributed by atoms with Crippen LogP contribution in [0.4, 0.5) is 11.7 Å². The minimum atomic E-state index is 0.657. The molecule has 8 nitrogen and oxygen atoms in total. The first kappa shape index (κ1) is 25.6. The fourth-order valence-corrected chi connectivity index (χ4v) is 4.97. The molecule has 2 saturated heterocycles. The van der Waals surface area contributed by atoms with Gasteiger partial charge in [0.25, 0.3) is 6.01 Å². The fraction of sp³-hybridized carbons (Fsp3) is 0.483. The number of hydrogen-bond donors (Lipinski definition) is 0. The zero-order valence-electron chi connectivity index (χ0n) is 22.1. The van der Waals surface area contributed by atoms with Gasteiger partial charge in [-0.1, -0.05) is 24.3 Å². The van der Waals surface area contributed by atoms with Gasteiger partial charge in [-0.3, -0.25) is 4.90 Å². The van der Waals surface area contributed by atoms with E-state index in [1.165, 1.54) is 11.3 Å². The Hall–Kier alpha value is -3.07. The molecule has 3 aromatic rings.